The van der Waals surface area contributed by atoms with Crippen LogP contribution in [0.15, 0.2) is 11.6 Å². The predicted molar refractivity (Wildman–Crippen MR) is 140 cm³/mol. The van der Waals surface area contributed by atoms with E-state index in [0.29, 0.717) is 10.8 Å². The first kappa shape index (κ1) is 27.9. The van der Waals surface area contributed by atoms with Gasteiger partial charge < -0.3 is 21.3 Å². The lowest BCUT2D eigenvalue weighted by Gasteiger charge is -2.58. The molecule has 6 nitrogen and oxygen atoms in total. The van der Waals surface area contributed by atoms with E-state index in [4.69, 9.17) is 20.4 Å². The lowest BCUT2D eigenvalue weighted by Crippen LogP contribution is -2.51. The van der Waals surface area contributed by atoms with Crippen LogP contribution in [0.5, 0.6) is 0 Å². The second kappa shape index (κ2) is 11.1. The third-order valence-electron chi connectivity index (χ3n) is 10.5. The smallest absolute Gasteiger partial charge is 0.404 e. The maximum atomic E-state index is 11.3. The molecule has 3 fully saturated rings. The summed E-state index contributed by atoms with van der Waals surface area (Å²) >= 11 is 0. The molecule has 0 aromatic carbocycles. The lowest BCUT2D eigenvalue weighted by molar-refractivity contribution is -0.0578. The number of carboxylic acid groups (broad SMARTS) is 1. The van der Waals surface area contributed by atoms with E-state index in [0.717, 1.165) is 54.8 Å². The van der Waals surface area contributed by atoms with E-state index in [1.165, 1.54) is 51.4 Å². The van der Waals surface area contributed by atoms with Crippen molar-refractivity contribution in [2.24, 2.45) is 57.8 Å². The molecule has 4 aliphatic rings. The molecule has 4 aliphatic carbocycles. The molecule has 0 bridgehead atoms. The molecule has 0 aromatic heterocycles. The summed E-state index contributed by atoms with van der Waals surface area (Å²) in [6, 6.07) is 0. The highest BCUT2D eigenvalue weighted by Crippen LogP contribution is 2.67. The average Bonchev–Trinajstić information content (AvgIpc) is 3.10. The van der Waals surface area contributed by atoms with Gasteiger partial charge in [-0.25, -0.2) is 9.59 Å². The summed E-state index contributed by atoms with van der Waals surface area (Å²) in [7, 11) is 0. The summed E-state index contributed by atoms with van der Waals surface area (Å²) in [4.78, 5) is 20.0. The molecule has 3 saturated carbocycles. The Labute approximate surface area is 212 Å². The summed E-state index contributed by atoms with van der Waals surface area (Å²) in [6.45, 7) is 12.5. The van der Waals surface area contributed by atoms with Crippen molar-refractivity contribution in [3.8, 4) is 0 Å². The van der Waals surface area contributed by atoms with Gasteiger partial charge in [0.05, 0.1) is 0 Å². The number of rotatable bonds is 6. The highest BCUT2D eigenvalue weighted by atomic mass is 16.6. The fourth-order valence-corrected chi connectivity index (χ4v) is 8.92. The van der Waals surface area contributed by atoms with Crippen molar-refractivity contribution >= 4 is 12.2 Å². The topological polar surface area (TPSA) is 116 Å². The Balaban J connectivity index is 0.000000795. The van der Waals surface area contributed by atoms with Crippen molar-refractivity contribution in [3.63, 3.8) is 0 Å². The second-order valence-electron chi connectivity index (χ2n) is 12.9. The van der Waals surface area contributed by atoms with Gasteiger partial charge in [-0.05, 0) is 91.3 Å². The highest BCUT2D eigenvalue weighted by Gasteiger charge is 2.59. The first-order valence-corrected chi connectivity index (χ1v) is 14.0. The third kappa shape index (κ3) is 5.99. The van der Waals surface area contributed by atoms with Gasteiger partial charge in [-0.3, -0.25) is 0 Å². The van der Waals surface area contributed by atoms with Gasteiger partial charge in [0, 0.05) is 6.42 Å². The van der Waals surface area contributed by atoms with Gasteiger partial charge in [-0.15, -0.1) is 0 Å². The molecule has 8 atom stereocenters. The number of ether oxygens (including phenoxy) is 1. The predicted octanol–water partition coefficient (Wildman–Crippen LogP) is 7.11. The molecular weight excluding hydrogens is 440 g/mol. The van der Waals surface area contributed by atoms with E-state index in [1.54, 1.807) is 5.57 Å². The van der Waals surface area contributed by atoms with Gasteiger partial charge in [-0.1, -0.05) is 65.5 Å². The van der Waals surface area contributed by atoms with Crippen LogP contribution in [0.4, 0.5) is 9.59 Å². The maximum absolute atomic E-state index is 11.3. The number of allylic oxidation sites excluding steroid dienone is 1. The Hall–Kier alpha value is -1.72. The number of carbonyl (C=O) groups excluding carboxylic acids is 1. The third-order valence-corrected chi connectivity index (χ3v) is 10.5. The Bertz CT molecular complexity index is 792. The maximum Gasteiger partial charge on any atom is 0.404 e. The molecule has 0 saturated heterocycles. The van der Waals surface area contributed by atoms with E-state index < -0.39 is 12.2 Å². The number of primary amides is 2. The Morgan fingerprint density at radius 1 is 1.06 bits per heavy atom. The minimum atomic E-state index is -1.33. The van der Waals surface area contributed by atoms with Gasteiger partial charge in [0.2, 0.25) is 0 Å². The van der Waals surface area contributed by atoms with Gasteiger partial charge in [0.15, 0.2) is 0 Å². The van der Waals surface area contributed by atoms with E-state index >= 15 is 0 Å². The summed E-state index contributed by atoms with van der Waals surface area (Å²) in [5.74, 6) is 5.20. The zero-order chi connectivity index (χ0) is 26.0. The van der Waals surface area contributed by atoms with Crippen molar-refractivity contribution < 1.29 is 19.4 Å². The molecule has 35 heavy (non-hydrogen) atoms. The van der Waals surface area contributed by atoms with Gasteiger partial charge >= 0.3 is 12.2 Å². The average molecular weight is 491 g/mol. The molecule has 0 aliphatic heterocycles. The summed E-state index contributed by atoms with van der Waals surface area (Å²) in [5.41, 5.74) is 11.8. The van der Waals surface area contributed by atoms with Crippen molar-refractivity contribution in [2.75, 3.05) is 0 Å². The van der Waals surface area contributed by atoms with Crippen LogP contribution in [-0.2, 0) is 4.74 Å². The van der Waals surface area contributed by atoms with E-state index in [1.807, 2.05) is 0 Å². The molecule has 4 unspecified atom stereocenters. The number of fused-ring (bicyclic) bond motifs is 5. The zero-order valence-corrected chi connectivity index (χ0v) is 22.7. The minimum Gasteiger partial charge on any atom is -0.465 e. The second-order valence-corrected chi connectivity index (χ2v) is 12.9. The molecule has 5 N–H and O–H groups in total. The van der Waals surface area contributed by atoms with Gasteiger partial charge in [0.25, 0.3) is 0 Å². The fraction of sp³-hybridized carbons (Fsp3) is 0.862. The van der Waals surface area contributed by atoms with Crippen LogP contribution < -0.4 is 11.5 Å². The minimum absolute atomic E-state index is 0.00946. The SMILES string of the molecule is CC(C)CCC[C@@H](C)[C@H]1CCC2C3CC=C4CC(OC(N)=O)CC[C@]4(C)C3CC[C@@]21C.NC(=O)O. The molecule has 6 heteroatoms. The van der Waals surface area contributed by atoms with E-state index in [-0.39, 0.29) is 6.10 Å². The number of amides is 2. The molecule has 0 aromatic rings. The molecular formula is C29H50N2O4. The number of carbonyl (C=O) groups is 2. The van der Waals surface area contributed by atoms with Crippen LogP contribution >= 0.6 is 0 Å². The zero-order valence-electron chi connectivity index (χ0n) is 22.7. The van der Waals surface area contributed by atoms with E-state index in [9.17, 15) is 4.79 Å². The largest absolute Gasteiger partial charge is 0.465 e. The van der Waals surface area contributed by atoms with Crippen molar-refractivity contribution in [3.05, 3.63) is 11.6 Å². The van der Waals surface area contributed by atoms with Crippen LogP contribution in [0.3, 0.4) is 0 Å². The summed E-state index contributed by atoms with van der Waals surface area (Å²) < 4.78 is 5.39. The monoisotopic (exact) mass is 490 g/mol. The van der Waals surface area contributed by atoms with Crippen molar-refractivity contribution in [1.82, 2.24) is 0 Å². The van der Waals surface area contributed by atoms with Gasteiger partial charge in [-0.2, -0.15) is 0 Å². The molecule has 0 heterocycles. The molecule has 4 rings (SSSR count). The molecule has 0 radical (unpaired) electrons. The highest BCUT2D eigenvalue weighted by molar-refractivity contribution is 5.64. The molecule has 200 valence electrons. The van der Waals surface area contributed by atoms with Crippen molar-refractivity contribution in [2.45, 2.75) is 111 Å². The number of nitrogens with two attached hydrogens (primary N) is 2. The first-order valence-electron chi connectivity index (χ1n) is 14.0. The molecule has 0 spiro atoms. The van der Waals surface area contributed by atoms with Crippen LogP contribution in [0.1, 0.15) is 105 Å². The van der Waals surface area contributed by atoms with Crippen LogP contribution in [0, 0.1) is 46.3 Å². The standard InChI is InChI=1S/C28H47NO2.CH3NO2/c1-18(2)7-6-8-19(3)23-11-12-24-22-10-9-20-17-21(31-26(29)30)13-15-27(20,4)25(22)14-16-28(23,24)5;2-1(3)4/h9,18-19,21-25H,6-8,10-17H2,1-5H3,(H2,29,30);2H2,(H,3,4)/t19-,21?,22?,23-,24?,25?,27+,28-;/m1./s1. The quantitative estimate of drug-likeness (QED) is 0.344. The Kier molecular flexibility index (Phi) is 8.86. The van der Waals surface area contributed by atoms with Crippen molar-refractivity contribution in [1.29, 1.82) is 0 Å². The number of hydrogen-bond acceptors (Lipinski definition) is 3. The van der Waals surface area contributed by atoms with Crippen LogP contribution in [-0.4, -0.2) is 23.4 Å². The molecule has 2 amide bonds. The fourth-order valence-electron chi connectivity index (χ4n) is 8.92. The van der Waals surface area contributed by atoms with Gasteiger partial charge in [0.1, 0.15) is 6.10 Å². The Morgan fingerprint density at radius 3 is 2.37 bits per heavy atom. The van der Waals surface area contributed by atoms with E-state index in [2.05, 4.69) is 46.4 Å². The summed E-state index contributed by atoms with van der Waals surface area (Å²) in [6.07, 6.45) is 14.8. The lowest BCUT2D eigenvalue weighted by atomic mass is 9.47. The van der Waals surface area contributed by atoms with Crippen LogP contribution in [0.25, 0.3) is 0 Å². The van der Waals surface area contributed by atoms with Crippen LogP contribution in [0.2, 0.25) is 0 Å². The summed E-state index contributed by atoms with van der Waals surface area (Å²) in [5, 5.41) is 7.19. The number of hydrogen-bond donors (Lipinski definition) is 3. The normalized spacial score (nSPS) is 38.7. The Morgan fingerprint density at radius 2 is 1.74 bits per heavy atom. The first-order chi connectivity index (χ1) is 16.4.